The van der Waals surface area contributed by atoms with Gasteiger partial charge in [0.25, 0.3) is 0 Å². The Morgan fingerprint density at radius 1 is 0.723 bits per heavy atom. The highest BCUT2D eigenvalue weighted by molar-refractivity contribution is 4.92. The summed E-state index contributed by atoms with van der Waals surface area (Å²) in [6.45, 7) is 24.4. The maximum Gasteiger partial charge on any atom is 0.186 e. The summed E-state index contributed by atoms with van der Waals surface area (Å²) in [5.74, 6) is 0.296. The van der Waals surface area contributed by atoms with Crippen LogP contribution in [0, 0.1) is 23.2 Å². The van der Waals surface area contributed by atoms with Crippen LogP contribution in [-0.2, 0) is 33.2 Å². The van der Waals surface area contributed by atoms with Crippen LogP contribution in [0.1, 0.15) is 115 Å². The summed E-state index contributed by atoms with van der Waals surface area (Å²) in [5, 5.41) is 42.4. The Bertz CT molecular complexity index is 914. The molecular weight excluding hydrogens is 608 g/mol. The van der Waals surface area contributed by atoms with Crippen molar-refractivity contribution in [3.05, 3.63) is 0 Å². The molecule has 0 aromatic heterocycles. The fraction of sp³-hybridized carbons (Fsp3) is 1.00. The second-order valence-electron chi connectivity index (χ2n) is 15.5. The molecule has 3 heterocycles. The predicted molar refractivity (Wildman–Crippen MR) is 177 cm³/mol. The number of hydrogen-bond donors (Lipinski definition) is 4. The third kappa shape index (κ3) is 9.88. The third-order valence-corrected chi connectivity index (χ3v) is 10.7. The van der Waals surface area contributed by atoms with E-state index in [0.29, 0.717) is 19.3 Å². The molecule has 11 nitrogen and oxygen atoms in total. The summed E-state index contributed by atoms with van der Waals surface area (Å²) in [5.41, 5.74) is -0.403. The zero-order chi connectivity index (χ0) is 35.4. The fourth-order valence-corrected chi connectivity index (χ4v) is 7.29. The number of ether oxygens (including phenoxy) is 7. The molecule has 0 radical (unpaired) electrons. The second kappa shape index (κ2) is 17.7. The Morgan fingerprint density at radius 2 is 1.36 bits per heavy atom. The quantitative estimate of drug-likeness (QED) is 0.204. The van der Waals surface area contributed by atoms with Crippen molar-refractivity contribution in [3.63, 3.8) is 0 Å². The standard InChI is InChI=1S/C36H68O11/c1-13-23-19(6)31(22(9)43-33(23)46-32-24(37)17-18(5)20(7)41-27(32)16-4)47-35(36(10,11)12)45-25(14-2)21(8)42-34-30(40)29(39)28(38)26(15-3)44-34/h18-35,37-40H,13-17H2,1-12H3. The molecule has 278 valence electrons. The van der Waals surface area contributed by atoms with Crippen LogP contribution in [0.5, 0.6) is 0 Å². The van der Waals surface area contributed by atoms with Gasteiger partial charge in [0, 0.05) is 11.3 Å². The second-order valence-corrected chi connectivity index (χ2v) is 15.5. The van der Waals surface area contributed by atoms with E-state index in [4.69, 9.17) is 33.2 Å². The molecule has 0 bridgehead atoms. The van der Waals surface area contributed by atoms with E-state index < -0.39 is 73.1 Å². The van der Waals surface area contributed by atoms with Crippen molar-refractivity contribution in [2.75, 3.05) is 0 Å². The molecule has 0 spiro atoms. The Kier molecular flexibility index (Phi) is 15.4. The number of aliphatic hydroxyl groups excluding tert-OH is 4. The average molecular weight is 677 g/mol. The van der Waals surface area contributed by atoms with E-state index in [-0.39, 0.29) is 42.2 Å². The van der Waals surface area contributed by atoms with Crippen molar-refractivity contribution in [1.29, 1.82) is 0 Å². The van der Waals surface area contributed by atoms with Crippen LogP contribution < -0.4 is 0 Å². The lowest BCUT2D eigenvalue weighted by Gasteiger charge is -2.48. The molecular formula is C36H68O11. The molecule has 3 rings (SSSR count). The van der Waals surface area contributed by atoms with Gasteiger partial charge in [0.1, 0.15) is 24.4 Å². The fourth-order valence-electron chi connectivity index (χ4n) is 7.29. The maximum absolute atomic E-state index is 11.2. The zero-order valence-electron chi connectivity index (χ0n) is 31.1. The molecule has 0 amide bonds. The van der Waals surface area contributed by atoms with Crippen LogP contribution >= 0.6 is 0 Å². The predicted octanol–water partition coefficient (Wildman–Crippen LogP) is 4.54. The van der Waals surface area contributed by atoms with Crippen LogP contribution in [0.4, 0.5) is 0 Å². The average Bonchev–Trinajstić information content (AvgIpc) is 3.10. The minimum Gasteiger partial charge on any atom is -0.390 e. The van der Waals surface area contributed by atoms with Gasteiger partial charge in [-0.2, -0.15) is 0 Å². The van der Waals surface area contributed by atoms with Gasteiger partial charge in [-0.15, -0.1) is 0 Å². The van der Waals surface area contributed by atoms with E-state index in [0.717, 1.165) is 12.8 Å². The minimum absolute atomic E-state index is 0.0158. The van der Waals surface area contributed by atoms with Gasteiger partial charge >= 0.3 is 0 Å². The molecule has 3 aliphatic rings. The number of rotatable bonds is 13. The topological polar surface area (TPSA) is 146 Å². The van der Waals surface area contributed by atoms with Gasteiger partial charge in [-0.3, -0.25) is 0 Å². The molecule has 0 saturated carbocycles. The molecule has 0 aromatic rings. The molecule has 0 aromatic carbocycles. The summed E-state index contributed by atoms with van der Waals surface area (Å²) in [7, 11) is 0. The van der Waals surface area contributed by atoms with E-state index >= 15 is 0 Å². The normalized spacial score (nSPS) is 44.0. The van der Waals surface area contributed by atoms with Crippen LogP contribution in [0.3, 0.4) is 0 Å². The summed E-state index contributed by atoms with van der Waals surface area (Å²) in [6.07, 6.45) is -6.48. The molecule has 3 aliphatic heterocycles. The Morgan fingerprint density at radius 3 is 1.91 bits per heavy atom. The lowest BCUT2D eigenvalue weighted by molar-refractivity contribution is -0.341. The van der Waals surface area contributed by atoms with Crippen molar-refractivity contribution < 1.29 is 53.6 Å². The van der Waals surface area contributed by atoms with E-state index in [1.807, 2.05) is 27.7 Å². The van der Waals surface area contributed by atoms with E-state index in [9.17, 15) is 20.4 Å². The Labute approximate surface area is 283 Å². The zero-order valence-corrected chi connectivity index (χ0v) is 31.1. The van der Waals surface area contributed by atoms with E-state index in [1.54, 1.807) is 0 Å². The van der Waals surface area contributed by atoms with Crippen LogP contribution in [0.25, 0.3) is 0 Å². The van der Waals surface area contributed by atoms with Gasteiger partial charge in [0.05, 0.1) is 48.8 Å². The Hall–Kier alpha value is -0.440. The summed E-state index contributed by atoms with van der Waals surface area (Å²) < 4.78 is 45.0. The van der Waals surface area contributed by atoms with E-state index in [1.165, 1.54) is 0 Å². The Balaban J connectivity index is 1.73. The van der Waals surface area contributed by atoms with Gasteiger partial charge in [-0.05, 0) is 64.7 Å². The van der Waals surface area contributed by atoms with Crippen molar-refractivity contribution in [2.45, 2.75) is 207 Å². The van der Waals surface area contributed by atoms with Gasteiger partial charge in [0.15, 0.2) is 18.9 Å². The smallest absolute Gasteiger partial charge is 0.186 e. The number of aliphatic hydroxyl groups is 4. The van der Waals surface area contributed by atoms with Crippen molar-refractivity contribution in [1.82, 2.24) is 0 Å². The van der Waals surface area contributed by atoms with Gasteiger partial charge in [0.2, 0.25) is 0 Å². The van der Waals surface area contributed by atoms with Crippen LogP contribution in [0.2, 0.25) is 0 Å². The summed E-state index contributed by atoms with van der Waals surface area (Å²) in [6, 6.07) is 0. The highest BCUT2D eigenvalue weighted by atomic mass is 16.7. The SMILES string of the molecule is CCC(OC(OC1C(C)OC(OC2C(O)CC(C)C(C)OC2CC)C(CC)C1C)C(C)(C)C)C(C)OC1OC(CC)C(O)C(O)C1O. The molecule has 3 fully saturated rings. The van der Waals surface area contributed by atoms with Crippen LogP contribution in [0.15, 0.2) is 0 Å². The number of hydrogen-bond acceptors (Lipinski definition) is 11. The monoisotopic (exact) mass is 676 g/mol. The first-order chi connectivity index (χ1) is 22.0. The minimum atomic E-state index is -1.39. The van der Waals surface area contributed by atoms with Gasteiger partial charge in [-0.1, -0.05) is 62.3 Å². The van der Waals surface area contributed by atoms with Gasteiger partial charge in [-0.25, -0.2) is 0 Å². The first-order valence-corrected chi connectivity index (χ1v) is 18.3. The molecule has 18 atom stereocenters. The molecule has 0 aliphatic carbocycles. The van der Waals surface area contributed by atoms with E-state index in [2.05, 4.69) is 55.4 Å². The van der Waals surface area contributed by atoms with Crippen molar-refractivity contribution >= 4 is 0 Å². The van der Waals surface area contributed by atoms with Crippen LogP contribution in [-0.4, -0.2) is 113 Å². The third-order valence-electron chi connectivity index (χ3n) is 10.7. The highest BCUT2D eigenvalue weighted by Crippen LogP contribution is 2.40. The maximum atomic E-state index is 11.2. The van der Waals surface area contributed by atoms with Crippen molar-refractivity contribution in [3.8, 4) is 0 Å². The van der Waals surface area contributed by atoms with Gasteiger partial charge < -0.3 is 53.6 Å². The molecule has 11 heteroatoms. The molecule has 4 N–H and O–H groups in total. The molecule has 47 heavy (non-hydrogen) atoms. The first-order valence-electron chi connectivity index (χ1n) is 18.3. The highest BCUT2D eigenvalue weighted by Gasteiger charge is 2.49. The molecule has 3 saturated heterocycles. The lowest BCUT2D eigenvalue weighted by Crippen LogP contribution is -2.59. The summed E-state index contributed by atoms with van der Waals surface area (Å²) in [4.78, 5) is 0. The largest absolute Gasteiger partial charge is 0.390 e. The van der Waals surface area contributed by atoms with Crippen molar-refractivity contribution in [2.24, 2.45) is 23.2 Å². The molecule has 18 unspecified atom stereocenters. The lowest BCUT2D eigenvalue weighted by atomic mass is 9.81. The first kappa shape index (κ1) is 41.0. The summed E-state index contributed by atoms with van der Waals surface area (Å²) >= 11 is 0.